The fraction of sp³-hybridized carbons (Fsp3) is 0.857. The SMILES string of the molecule is O=C=NCCCCCCCCCCCCN=C=O. The molecule has 0 aliphatic rings. The van der Waals surface area contributed by atoms with Crippen LogP contribution in [0.3, 0.4) is 0 Å². The van der Waals surface area contributed by atoms with Crippen molar-refractivity contribution in [3.05, 3.63) is 0 Å². The van der Waals surface area contributed by atoms with E-state index in [1.807, 2.05) is 0 Å². The minimum atomic E-state index is 0.632. The van der Waals surface area contributed by atoms with Crippen molar-refractivity contribution < 1.29 is 9.59 Å². The van der Waals surface area contributed by atoms with Gasteiger partial charge in [0.15, 0.2) is 0 Å². The van der Waals surface area contributed by atoms with Crippen molar-refractivity contribution in [1.29, 1.82) is 0 Å². The van der Waals surface area contributed by atoms with E-state index in [0.29, 0.717) is 13.1 Å². The van der Waals surface area contributed by atoms with Crippen LogP contribution >= 0.6 is 0 Å². The monoisotopic (exact) mass is 252 g/mol. The Bertz CT molecular complexity index is 239. The number of hydrogen-bond donors (Lipinski definition) is 0. The minimum Gasteiger partial charge on any atom is -0.211 e. The molecule has 0 saturated heterocycles. The molecule has 0 aliphatic carbocycles. The van der Waals surface area contributed by atoms with Crippen LogP contribution in [0.5, 0.6) is 0 Å². The van der Waals surface area contributed by atoms with E-state index < -0.39 is 0 Å². The van der Waals surface area contributed by atoms with Crippen LogP contribution in [0.25, 0.3) is 0 Å². The number of rotatable bonds is 13. The summed E-state index contributed by atoms with van der Waals surface area (Å²) in [6.07, 6.45) is 15.1. The third kappa shape index (κ3) is 14.8. The van der Waals surface area contributed by atoms with Crippen LogP contribution in [0.15, 0.2) is 9.98 Å². The van der Waals surface area contributed by atoms with Crippen LogP contribution in [0.4, 0.5) is 0 Å². The molecule has 0 unspecified atom stereocenters. The van der Waals surface area contributed by atoms with Crippen LogP contribution < -0.4 is 0 Å². The van der Waals surface area contributed by atoms with Gasteiger partial charge in [0.25, 0.3) is 0 Å². The molecule has 4 nitrogen and oxygen atoms in total. The lowest BCUT2D eigenvalue weighted by Gasteiger charge is -2.01. The minimum absolute atomic E-state index is 0.632. The molecule has 0 aliphatic heterocycles. The van der Waals surface area contributed by atoms with Crippen molar-refractivity contribution in [3.63, 3.8) is 0 Å². The topological polar surface area (TPSA) is 58.9 Å². The van der Waals surface area contributed by atoms with Gasteiger partial charge in [0, 0.05) is 0 Å². The summed E-state index contributed by atoms with van der Waals surface area (Å²) in [6, 6.07) is 0. The fourth-order valence-corrected chi connectivity index (χ4v) is 1.89. The lowest BCUT2D eigenvalue weighted by Crippen LogP contribution is -1.85. The van der Waals surface area contributed by atoms with Crippen LogP contribution in [0, 0.1) is 0 Å². The van der Waals surface area contributed by atoms with Crippen molar-refractivity contribution in [3.8, 4) is 0 Å². The van der Waals surface area contributed by atoms with Gasteiger partial charge in [-0.15, -0.1) is 0 Å². The molecule has 18 heavy (non-hydrogen) atoms. The van der Waals surface area contributed by atoms with E-state index in [-0.39, 0.29) is 0 Å². The second-order valence-electron chi connectivity index (χ2n) is 4.48. The zero-order valence-corrected chi connectivity index (χ0v) is 11.2. The van der Waals surface area contributed by atoms with Crippen molar-refractivity contribution >= 4 is 12.2 Å². The van der Waals surface area contributed by atoms with Gasteiger partial charge in [-0.2, -0.15) is 0 Å². The first kappa shape index (κ1) is 16.8. The van der Waals surface area contributed by atoms with Gasteiger partial charge in [-0.25, -0.2) is 19.6 Å². The number of nitrogens with zero attached hydrogens (tertiary/aromatic N) is 2. The Hall–Kier alpha value is -1.24. The third-order valence-corrected chi connectivity index (χ3v) is 2.92. The van der Waals surface area contributed by atoms with Crippen molar-refractivity contribution in [1.82, 2.24) is 0 Å². The molecule has 0 N–H and O–H groups in total. The van der Waals surface area contributed by atoms with Gasteiger partial charge in [-0.1, -0.05) is 51.4 Å². The molecule has 0 rings (SSSR count). The molecule has 0 radical (unpaired) electrons. The molecule has 0 fully saturated rings. The van der Waals surface area contributed by atoms with Crippen LogP contribution in [-0.4, -0.2) is 25.2 Å². The number of hydrogen-bond acceptors (Lipinski definition) is 4. The number of unbranched alkanes of at least 4 members (excludes halogenated alkanes) is 9. The highest BCUT2D eigenvalue weighted by molar-refractivity contribution is 5.32. The Kier molecular flexibility index (Phi) is 14.7. The van der Waals surface area contributed by atoms with E-state index in [1.165, 1.54) is 38.5 Å². The molecule has 0 aromatic rings. The quantitative estimate of drug-likeness (QED) is 0.286. The van der Waals surface area contributed by atoms with Gasteiger partial charge >= 0.3 is 0 Å². The average molecular weight is 252 g/mol. The standard InChI is InChI=1S/C14H24N2O2/c17-13-15-11-9-7-5-3-1-2-4-6-8-10-12-16-14-18/h1-12H2. The summed E-state index contributed by atoms with van der Waals surface area (Å²) in [7, 11) is 0. The summed E-state index contributed by atoms with van der Waals surface area (Å²) in [6.45, 7) is 1.26. The van der Waals surface area contributed by atoms with E-state index in [9.17, 15) is 9.59 Å². The number of isocyanates is 2. The highest BCUT2D eigenvalue weighted by Gasteiger charge is 1.92. The molecule has 0 aromatic heterocycles. The van der Waals surface area contributed by atoms with E-state index in [1.54, 1.807) is 12.2 Å². The van der Waals surface area contributed by atoms with Gasteiger partial charge in [0.2, 0.25) is 12.2 Å². The van der Waals surface area contributed by atoms with Crippen LogP contribution in [-0.2, 0) is 9.59 Å². The summed E-state index contributed by atoms with van der Waals surface area (Å²) in [5.74, 6) is 0. The summed E-state index contributed by atoms with van der Waals surface area (Å²) in [4.78, 5) is 26.7. The zero-order chi connectivity index (χ0) is 13.3. The summed E-state index contributed by atoms with van der Waals surface area (Å²) in [5, 5.41) is 0. The lowest BCUT2D eigenvalue weighted by molar-refractivity contribution is 0.547. The van der Waals surface area contributed by atoms with Crippen molar-refractivity contribution in [2.75, 3.05) is 13.1 Å². The predicted molar refractivity (Wildman–Crippen MR) is 72.1 cm³/mol. The van der Waals surface area contributed by atoms with E-state index in [4.69, 9.17) is 0 Å². The Labute approximate surface area is 110 Å². The molecule has 4 heteroatoms. The van der Waals surface area contributed by atoms with Gasteiger partial charge in [-0.05, 0) is 12.8 Å². The summed E-state index contributed by atoms with van der Waals surface area (Å²) in [5.41, 5.74) is 0. The average Bonchev–Trinajstić information content (AvgIpc) is 2.39. The smallest absolute Gasteiger partial charge is 0.211 e. The van der Waals surface area contributed by atoms with Crippen molar-refractivity contribution in [2.45, 2.75) is 64.2 Å². The maximum atomic E-state index is 9.81. The molecular weight excluding hydrogens is 228 g/mol. The van der Waals surface area contributed by atoms with E-state index >= 15 is 0 Å². The molecule has 0 saturated carbocycles. The lowest BCUT2D eigenvalue weighted by atomic mass is 10.1. The van der Waals surface area contributed by atoms with Gasteiger partial charge in [-0.3, -0.25) is 0 Å². The maximum Gasteiger partial charge on any atom is 0.234 e. The van der Waals surface area contributed by atoms with Gasteiger partial charge in [0.05, 0.1) is 13.1 Å². The molecule has 102 valence electrons. The molecule has 0 spiro atoms. The second kappa shape index (κ2) is 15.8. The Morgan fingerprint density at radius 1 is 0.500 bits per heavy atom. The molecule has 0 aromatic carbocycles. The first-order valence-corrected chi connectivity index (χ1v) is 6.99. The van der Waals surface area contributed by atoms with E-state index in [2.05, 4.69) is 9.98 Å². The van der Waals surface area contributed by atoms with Crippen molar-refractivity contribution in [2.24, 2.45) is 9.98 Å². The number of carbonyl (C=O) groups excluding carboxylic acids is 2. The van der Waals surface area contributed by atoms with Crippen LogP contribution in [0.2, 0.25) is 0 Å². The Morgan fingerprint density at radius 3 is 1.06 bits per heavy atom. The highest BCUT2D eigenvalue weighted by Crippen LogP contribution is 2.10. The van der Waals surface area contributed by atoms with Gasteiger partial charge < -0.3 is 0 Å². The van der Waals surface area contributed by atoms with E-state index in [0.717, 1.165) is 25.7 Å². The first-order chi connectivity index (χ1) is 8.91. The molecule has 0 heterocycles. The third-order valence-electron chi connectivity index (χ3n) is 2.92. The summed E-state index contributed by atoms with van der Waals surface area (Å²) >= 11 is 0. The molecule has 0 amide bonds. The Balaban J connectivity index is 2.98. The molecular formula is C14H24N2O2. The molecule has 0 bridgehead atoms. The maximum absolute atomic E-state index is 9.81. The van der Waals surface area contributed by atoms with Gasteiger partial charge in [0.1, 0.15) is 0 Å². The first-order valence-electron chi connectivity index (χ1n) is 6.99. The normalized spacial score (nSPS) is 9.56. The largest absolute Gasteiger partial charge is 0.234 e. The predicted octanol–water partition coefficient (Wildman–Crippen LogP) is 3.56. The fourth-order valence-electron chi connectivity index (χ4n) is 1.89. The Morgan fingerprint density at radius 2 is 0.778 bits per heavy atom. The molecule has 0 atom stereocenters. The zero-order valence-electron chi connectivity index (χ0n) is 11.2. The summed E-state index contributed by atoms with van der Waals surface area (Å²) < 4.78 is 0. The highest BCUT2D eigenvalue weighted by atomic mass is 16.1. The second-order valence-corrected chi connectivity index (χ2v) is 4.48. The number of aliphatic imine (C=N–C) groups is 2. The van der Waals surface area contributed by atoms with Crippen LogP contribution in [0.1, 0.15) is 64.2 Å².